The smallest absolute Gasteiger partial charge is 0.407 e. The second-order valence-corrected chi connectivity index (χ2v) is 9.34. The van der Waals surface area contributed by atoms with Gasteiger partial charge in [0, 0.05) is 18.5 Å². The highest BCUT2D eigenvalue weighted by Gasteiger charge is 2.22. The number of nitrogens with one attached hydrogen (secondary N) is 1. The van der Waals surface area contributed by atoms with Gasteiger partial charge in [0.2, 0.25) is 0 Å². The molecule has 35 heavy (non-hydrogen) atoms. The molecule has 0 saturated carbocycles. The van der Waals surface area contributed by atoms with E-state index in [1.807, 2.05) is 63.3 Å². The van der Waals surface area contributed by atoms with Crippen LogP contribution in [0.25, 0.3) is 0 Å². The van der Waals surface area contributed by atoms with Crippen LogP contribution in [-0.2, 0) is 25.6 Å². The Kier molecular flexibility index (Phi) is 11.6. The van der Waals surface area contributed by atoms with Crippen molar-refractivity contribution in [3.63, 3.8) is 0 Å². The van der Waals surface area contributed by atoms with Gasteiger partial charge in [0.05, 0.1) is 20.3 Å². The predicted octanol–water partition coefficient (Wildman–Crippen LogP) is 5.51. The first-order valence-electron chi connectivity index (χ1n) is 12.1. The third-order valence-electron chi connectivity index (χ3n) is 5.30. The Morgan fingerprint density at radius 3 is 2.60 bits per heavy atom. The molecule has 0 aliphatic carbocycles. The molecule has 1 aliphatic heterocycles. The van der Waals surface area contributed by atoms with Crippen LogP contribution in [0.4, 0.5) is 4.79 Å². The fourth-order valence-electron chi connectivity index (χ4n) is 3.46. The molecule has 7 nitrogen and oxygen atoms in total. The minimum absolute atomic E-state index is 0.151. The fourth-order valence-corrected chi connectivity index (χ4v) is 3.46. The molecule has 0 fully saturated rings. The molecule has 0 bridgehead atoms. The van der Waals surface area contributed by atoms with Crippen molar-refractivity contribution in [3.05, 3.63) is 65.8 Å². The summed E-state index contributed by atoms with van der Waals surface area (Å²) in [4.78, 5) is 23.7. The number of alkyl carbamates (subject to hydrolysis) is 1. The van der Waals surface area contributed by atoms with E-state index in [0.29, 0.717) is 32.6 Å². The van der Waals surface area contributed by atoms with Gasteiger partial charge in [-0.05, 0) is 63.8 Å². The van der Waals surface area contributed by atoms with E-state index in [4.69, 9.17) is 18.9 Å². The number of hydrogen-bond donors (Lipinski definition) is 1. The van der Waals surface area contributed by atoms with E-state index in [0.717, 1.165) is 23.3 Å². The van der Waals surface area contributed by atoms with Crippen LogP contribution in [0.2, 0.25) is 0 Å². The van der Waals surface area contributed by atoms with Crippen molar-refractivity contribution in [3.8, 4) is 5.75 Å². The van der Waals surface area contributed by atoms with Crippen molar-refractivity contribution in [1.82, 2.24) is 5.32 Å². The SMILES string of the molecule is CCC1C=CC(=O)OC1/C=C/C(=C/CCOCc1ccc(OC)cc1)CCNC(=O)OC(C)(C)C. The Morgan fingerprint density at radius 2 is 1.94 bits per heavy atom. The molecule has 2 unspecified atom stereocenters. The maximum absolute atomic E-state index is 12.0. The van der Waals surface area contributed by atoms with E-state index in [-0.39, 0.29) is 18.0 Å². The van der Waals surface area contributed by atoms with E-state index in [9.17, 15) is 9.59 Å². The highest BCUT2D eigenvalue weighted by Crippen LogP contribution is 2.21. The van der Waals surface area contributed by atoms with Crippen LogP contribution in [0.1, 0.15) is 52.5 Å². The normalized spacial score (nSPS) is 18.4. The highest BCUT2D eigenvalue weighted by atomic mass is 16.6. The number of cyclic esters (lactones) is 1. The first kappa shape index (κ1) is 28.2. The number of methoxy groups -OCH3 is 1. The third kappa shape index (κ3) is 11.3. The number of amides is 1. The van der Waals surface area contributed by atoms with Crippen molar-refractivity contribution >= 4 is 12.1 Å². The maximum atomic E-state index is 12.0. The summed E-state index contributed by atoms with van der Waals surface area (Å²) in [5.41, 5.74) is 1.56. The van der Waals surface area contributed by atoms with Crippen molar-refractivity contribution in [2.24, 2.45) is 5.92 Å². The third-order valence-corrected chi connectivity index (χ3v) is 5.30. The van der Waals surface area contributed by atoms with Crippen LogP contribution in [0.3, 0.4) is 0 Å². The fraction of sp³-hybridized carbons (Fsp3) is 0.500. The average molecular weight is 486 g/mol. The molecule has 0 radical (unpaired) electrons. The Balaban J connectivity index is 1.93. The van der Waals surface area contributed by atoms with Crippen LogP contribution in [0.15, 0.2) is 60.2 Å². The molecule has 0 saturated heterocycles. The minimum atomic E-state index is -0.544. The van der Waals surface area contributed by atoms with Gasteiger partial charge in [0.15, 0.2) is 0 Å². The van der Waals surface area contributed by atoms with Crippen molar-refractivity contribution in [1.29, 1.82) is 0 Å². The molecule has 2 atom stereocenters. The summed E-state index contributed by atoms with van der Waals surface area (Å²) in [7, 11) is 1.64. The molecule has 1 N–H and O–H groups in total. The summed E-state index contributed by atoms with van der Waals surface area (Å²) >= 11 is 0. The van der Waals surface area contributed by atoms with Gasteiger partial charge in [0.25, 0.3) is 0 Å². The summed E-state index contributed by atoms with van der Waals surface area (Å²) in [6, 6.07) is 7.79. The molecule has 1 aliphatic rings. The Bertz CT molecular complexity index is 895. The van der Waals surface area contributed by atoms with Crippen LogP contribution in [-0.4, -0.2) is 44.0 Å². The van der Waals surface area contributed by atoms with Gasteiger partial charge >= 0.3 is 12.1 Å². The number of ether oxygens (including phenoxy) is 4. The van der Waals surface area contributed by atoms with Crippen molar-refractivity contribution in [2.75, 3.05) is 20.3 Å². The second kappa shape index (κ2) is 14.4. The monoisotopic (exact) mass is 485 g/mol. The first-order valence-corrected chi connectivity index (χ1v) is 12.1. The predicted molar refractivity (Wildman–Crippen MR) is 136 cm³/mol. The number of benzene rings is 1. The zero-order valence-electron chi connectivity index (χ0n) is 21.5. The number of allylic oxidation sites excluding steroid dienone is 1. The van der Waals surface area contributed by atoms with E-state index >= 15 is 0 Å². The van der Waals surface area contributed by atoms with Gasteiger partial charge in [-0.2, -0.15) is 0 Å². The van der Waals surface area contributed by atoms with Gasteiger partial charge in [-0.15, -0.1) is 0 Å². The van der Waals surface area contributed by atoms with Crippen molar-refractivity contribution in [2.45, 2.75) is 65.3 Å². The van der Waals surface area contributed by atoms with Crippen LogP contribution in [0.5, 0.6) is 5.75 Å². The molecule has 0 aromatic heterocycles. The lowest BCUT2D eigenvalue weighted by Crippen LogP contribution is -2.33. The number of carbonyl (C=O) groups excluding carboxylic acids is 2. The molecular formula is C28H39NO6. The Morgan fingerprint density at radius 1 is 1.20 bits per heavy atom. The molecule has 1 aromatic rings. The molecule has 2 rings (SSSR count). The van der Waals surface area contributed by atoms with Gasteiger partial charge in [-0.25, -0.2) is 9.59 Å². The number of hydrogen-bond acceptors (Lipinski definition) is 6. The van der Waals surface area contributed by atoms with E-state index in [1.54, 1.807) is 7.11 Å². The number of esters is 1. The molecule has 7 heteroatoms. The Hall–Kier alpha value is -3.06. The zero-order valence-corrected chi connectivity index (χ0v) is 21.5. The lowest BCUT2D eigenvalue weighted by Gasteiger charge is -2.24. The summed E-state index contributed by atoms with van der Waals surface area (Å²) in [6.45, 7) is 9.06. The Labute approximate surface area is 209 Å². The number of carbonyl (C=O) groups is 2. The lowest BCUT2D eigenvalue weighted by molar-refractivity contribution is -0.143. The summed E-state index contributed by atoms with van der Waals surface area (Å²) in [5, 5.41) is 2.79. The van der Waals surface area contributed by atoms with E-state index in [1.165, 1.54) is 6.08 Å². The quantitative estimate of drug-likeness (QED) is 0.239. The number of rotatable bonds is 12. The van der Waals surface area contributed by atoms with Gasteiger partial charge in [-0.1, -0.05) is 42.9 Å². The molecule has 0 spiro atoms. The summed E-state index contributed by atoms with van der Waals surface area (Å²) < 4.78 is 21.8. The topological polar surface area (TPSA) is 83.1 Å². The zero-order chi connectivity index (χ0) is 25.7. The largest absolute Gasteiger partial charge is 0.497 e. The molecular weight excluding hydrogens is 446 g/mol. The minimum Gasteiger partial charge on any atom is -0.497 e. The van der Waals surface area contributed by atoms with Crippen LogP contribution in [0, 0.1) is 5.92 Å². The molecule has 192 valence electrons. The molecule has 1 aromatic carbocycles. The van der Waals surface area contributed by atoms with Crippen LogP contribution >= 0.6 is 0 Å². The first-order chi connectivity index (χ1) is 16.7. The maximum Gasteiger partial charge on any atom is 0.407 e. The lowest BCUT2D eigenvalue weighted by atomic mass is 9.95. The second-order valence-electron chi connectivity index (χ2n) is 9.34. The standard InChI is InChI=1S/C28H39NO6/c1-6-23-12-16-26(30)34-25(23)15-11-21(17-18-29-27(31)35-28(2,3)4)8-7-19-33-20-22-9-13-24(32-5)14-10-22/h8-16,23,25H,6-7,17-20H2,1-5H3,(H,29,31)/b15-11+,21-8-. The van der Waals surface area contributed by atoms with Crippen LogP contribution < -0.4 is 10.1 Å². The van der Waals surface area contributed by atoms with Crippen molar-refractivity contribution < 1.29 is 28.5 Å². The molecule has 1 amide bonds. The molecule has 1 heterocycles. The average Bonchev–Trinajstić information content (AvgIpc) is 2.81. The van der Waals surface area contributed by atoms with Gasteiger partial charge in [-0.3, -0.25) is 0 Å². The van der Waals surface area contributed by atoms with E-state index in [2.05, 4.69) is 18.3 Å². The van der Waals surface area contributed by atoms with Gasteiger partial charge < -0.3 is 24.3 Å². The van der Waals surface area contributed by atoms with E-state index < -0.39 is 11.7 Å². The highest BCUT2D eigenvalue weighted by molar-refractivity contribution is 5.83. The summed E-state index contributed by atoms with van der Waals surface area (Å²) in [6.07, 6.45) is 10.8. The van der Waals surface area contributed by atoms with Gasteiger partial charge in [0.1, 0.15) is 17.5 Å². The summed E-state index contributed by atoms with van der Waals surface area (Å²) in [5.74, 6) is 0.642.